The van der Waals surface area contributed by atoms with E-state index < -0.39 is 35.5 Å². The van der Waals surface area contributed by atoms with E-state index in [2.05, 4.69) is 35.6 Å². The molecule has 0 bridgehead atoms. The van der Waals surface area contributed by atoms with Gasteiger partial charge in [0.2, 0.25) is 18.2 Å². The summed E-state index contributed by atoms with van der Waals surface area (Å²) < 4.78 is 15.9. The van der Waals surface area contributed by atoms with Crippen LogP contribution in [0.25, 0.3) is 0 Å². The number of hydrogen-bond donors (Lipinski definition) is 3. The van der Waals surface area contributed by atoms with Crippen LogP contribution in [0, 0.1) is 19.7 Å². The number of aromatic nitrogens is 2. The maximum absolute atomic E-state index is 15.9. The molecule has 15 nitrogen and oxygen atoms in total. The van der Waals surface area contributed by atoms with Gasteiger partial charge in [-0.3, -0.25) is 44.0 Å². The number of piperazine rings is 1. The van der Waals surface area contributed by atoms with Crippen molar-refractivity contribution < 1.29 is 28.4 Å². The summed E-state index contributed by atoms with van der Waals surface area (Å²) in [7, 11) is 0. The first kappa shape index (κ1) is 38.8. The number of benzene rings is 2. The van der Waals surface area contributed by atoms with Crippen molar-refractivity contribution in [1.82, 2.24) is 35.3 Å². The number of hydrogen-bond acceptors (Lipinski definition) is 13. The van der Waals surface area contributed by atoms with E-state index in [1.54, 1.807) is 6.07 Å². The van der Waals surface area contributed by atoms with Crippen molar-refractivity contribution in [1.29, 1.82) is 0 Å². The molecule has 3 N–H and O–H groups in total. The number of carbonyl (C=O) groups is 5. The summed E-state index contributed by atoms with van der Waals surface area (Å²) in [5, 5.41) is 9.72. The van der Waals surface area contributed by atoms with Gasteiger partial charge in [0.15, 0.2) is 5.50 Å². The molecule has 3 saturated heterocycles. The number of fused-ring (bicyclic) bond motifs is 1. The molecule has 2 atom stereocenters. The molecule has 57 heavy (non-hydrogen) atoms. The van der Waals surface area contributed by atoms with E-state index in [1.807, 2.05) is 49.2 Å². The number of nitrogens with zero attached hydrogens (tertiary/aromatic N) is 7. The number of anilines is 3. The van der Waals surface area contributed by atoms with E-state index in [0.717, 1.165) is 74.1 Å². The minimum atomic E-state index is -1.14. The fourth-order valence-electron chi connectivity index (χ4n) is 8.35. The number of para-hydroxylation sites is 1. The number of piperidine rings is 2. The second-order valence-corrected chi connectivity index (χ2v) is 16.3. The molecular weight excluding hydrogens is 775 g/mol. The van der Waals surface area contributed by atoms with Crippen molar-refractivity contribution in [2.75, 3.05) is 54.4 Å². The molecule has 8 rings (SSSR count). The average Bonchev–Trinajstić information content (AvgIpc) is 3.69. The highest BCUT2D eigenvalue weighted by Gasteiger charge is 2.46. The SMILES string of the molecule is Cc1nc(NC2SC(NC=O)=CN2c2c(C)cccc2Cl)cc(N2CCC(N3CCN(Cc4ccc5c(c4F)C(=O)N(C4CCC(=O)NC4=O)C5=O)CC3)CC2)n1. The third kappa shape index (κ3) is 7.68. The quantitative estimate of drug-likeness (QED) is 0.201. The van der Waals surface area contributed by atoms with E-state index >= 15 is 4.39 Å². The van der Waals surface area contributed by atoms with Crippen molar-refractivity contribution in [2.24, 2.45) is 0 Å². The van der Waals surface area contributed by atoms with Gasteiger partial charge in [0.05, 0.1) is 26.9 Å². The van der Waals surface area contributed by atoms with Crippen molar-refractivity contribution in [2.45, 2.75) is 63.7 Å². The first-order chi connectivity index (χ1) is 27.5. The van der Waals surface area contributed by atoms with Gasteiger partial charge in [0.1, 0.15) is 29.3 Å². The third-order valence-corrected chi connectivity index (χ3v) is 12.6. The molecule has 5 amide bonds. The smallest absolute Gasteiger partial charge is 0.265 e. The Morgan fingerprint density at radius 3 is 2.47 bits per heavy atom. The lowest BCUT2D eigenvalue weighted by molar-refractivity contribution is -0.136. The van der Waals surface area contributed by atoms with Crippen LogP contribution >= 0.6 is 23.4 Å². The second-order valence-electron chi connectivity index (χ2n) is 14.8. The van der Waals surface area contributed by atoms with Crippen LogP contribution in [0.1, 0.15) is 63.4 Å². The van der Waals surface area contributed by atoms with Gasteiger partial charge in [0, 0.05) is 76.1 Å². The Morgan fingerprint density at radius 2 is 1.75 bits per heavy atom. The van der Waals surface area contributed by atoms with Crippen molar-refractivity contribution >= 4 is 70.7 Å². The zero-order valence-electron chi connectivity index (χ0n) is 31.5. The number of thioether (sulfide) groups is 1. The predicted molar refractivity (Wildman–Crippen MR) is 213 cm³/mol. The molecule has 1 aromatic heterocycles. The van der Waals surface area contributed by atoms with Crippen LogP contribution in [-0.4, -0.2) is 112 Å². The van der Waals surface area contributed by atoms with Crippen LogP contribution in [0.4, 0.5) is 21.7 Å². The number of halogens is 2. The van der Waals surface area contributed by atoms with E-state index in [9.17, 15) is 24.0 Å². The molecule has 298 valence electrons. The second kappa shape index (κ2) is 16.0. The molecule has 0 aliphatic carbocycles. The van der Waals surface area contributed by atoms with Crippen LogP contribution in [-0.2, 0) is 20.9 Å². The third-order valence-electron chi connectivity index (χ3n) is 11.2. The fourth-order valence-corrected chi connectivity index (χ4v) is 9.66. The summed E-state index contributed by atoms with van der Waals surface area (Å²) >= 11 is 8.09. The minimum Gasteiger partial charge on any atom is -0.356 e. The maximum atomic E-state index is 15.9. The van der Waals surface area contributed by atoms with E-state index in [4.69, 9.17) is 16.6 Å². The summed E-state index contributed by atoms with van der Waals surface area (Å²) in [6.07, 6.45) is 4.43. The van der Waals surface area contributed by atoms with Gasteiger partial charge in [-0.1, -0.05) is 41.6 Å². The van der Waals surface area contributed by atoms with Crippen LogP contribution < -0.4 is 25.8 Å². The molecule has 0 saturated carbocycles. The number of nitrogens with one attached hydrogen (secondary N) is 3. The van der Waals surface area contributed by atoms with Crippen LogP contribution in [0.15, 0.2) is 47.6 Å². The number of rotatable bonds is 10. The number of aryl methyl sites for hydroxylation is 2. The molecule has 0 spiro atoms. The maximum Gasteiger partial charge on any atom is 0.265 e. The number of amides is 5. The molecule has 0 radical (unpaired) electrons. The first-order valence-corrected chi connectivity index (χ1v) is 20.2. The summed E-state index contributed by atoms with van der Waals surface area (Å²) in [6.45, 7) is 8.86. The topological polar surface area (TPSA) is 163 Å². The Morgan fingerprint density at radius 1 is 0.982 bits per heavy atom. The zero-order valence-corrected chi connectivity index (χ0v) is 33.0. The van der Waals surface area contributed by atoms with Crippen LogP contribution in [0.3, 0.4) is 0 Å². The highest BCUT2D eigenvalue weighted by Crippen LogP contribution is 2.40. The Bertz CT molecular complexity index is 2160. The van der Waals surface area contributed by atoms with Gasteiger partial charge in [0.25, 0.3) is 11.8 Å². The lowest BCUT2D eigenvalue weighted by Gasteiger charge is -2.43. The molecule has 3 aromatic rings. The predicted octanol–water partition coefficient (Wildman–Crippen LogP) is 3.57. The Labute approximate surface area is 338 Å². The number of imide groups is 2. The van der Waals surface area contributed by atoms with Gasteiger partial charge in [-0.15, -0.1) is 0 Å². The standard InChI is InChI=1S/C39H42ClFN10O5S/c1-22-4-3-5-27(40)35(22)50-20-32(42-21-52)57-39(50)45-29-18-30(44-23(2)43-29)49-12-10-25(11-13-49)48-16-14-47(15-17-48)19-24-6-7-26-33(34(24)41)38(56)51(37(26)55)28-8-9-31(53)46-36(28)54/h3-7,18,20-21,25,28,39H,8-17,19H2,1-2H3,(H,42,52)(H,43,44,45)(H,46,53,54). The van der Waals surface area contributed by atoms with Crippen molar-refractivity contribution in [3.05, 3.63) is 86.5 Å². The summed E-state index contributed by atoms with van der Waals surface area (Å²) in [5.41, 5.74) is 1.47. The summed E-state index contributed by atoms with van der Waals surface area (Å²) in [4.78, 5) is 80.9. The Hall–Kier alpha value is -5.10. The van der Waals surface area contributed by atoms with Crippen LogP contribution in [0.5, 0.6) is 0 Å². The lowest BCUT2D eigenvalue weighted by Crippen LogP contribution is -2.54. The van der Waals surface area contributed by atoms with Crippen molar-refractivity contribution in [3.63, 3.8) is 0 Å². The van der Waals surface area contributed by atoms with Gasteiger partial charge in [-0.2, -0.15) is 0 Å². The molecule has 2 unspecified atom stereocenters. The average molecular weight is 817 g/mol. The largest absolute Gasteiger partial charge is 0.356 e. The van der Waals surface area contributed by atoms with E-state index in [-0.39, 0.29) is 36.0 Å². The molecule has 5 aliphatic heterocycles. The lowest BCUT2D eigenvalue weighted by atomic mass is 10.0. The highest BCUT2D eigenvalue weighted by atomic mass is 35.5. The van der Waals surface area contributed by atoms with Crippen molar-refractivity contribution in [3.8, 4) is 0 Å². The Kier molecular flexibility index (Phi) is 10.9. The highest BCUT2D eigenvalue weighted by molar-refractivity contribution is 8.04. The van der Waals surface area contributed by atoms with Gasteiger partial charge >= 0.3 is 0 Å². The normalized spacial score (nSPS) is 22.2. The fraction of sp³-hybridized carbons (Fsp3) is 0.410. The monoisotopic (exact) mass is 816 g/mol. The first-order valence-electron chi connectivity index (χ1n) is 19.0. The van der Waals surface area contributed by atoms with Gasteiger partial charge in [-0.25, -0.2) is 14.4 Å². The zero-order chi connectivity index (χ0) is 40.0. The summed E-state index contributed by atoms with van der Waals surface area (Å²) in [6, 6.07) is 9.96. The number of carbonyl (C=O) groups excluding carboxylic acids is 5. The minimum absolute atomic E-state index is 0.00316. The molecule has 2 aromatic carbocycles. The molecule has 3 fully saturated rings. The summed E-state index contributed by atoms with van der Waals surface area (Å²) in [5.74, 6) is -1.35. The van der Waals surface area contributed by atoms with E-state index in [0.29, 0.717) is 39.7 Å². The molecule has 5 aliphatic rings. The van der Waals surface area contributed by atoms with Gasteiger partial charge < -0.3 is 20.4 Å². The van der Waals surface area contributed by atoms with E-state index in [1.165, 1.54) is 17.8 Å². The van der Waals surface area contributed by atoms with Crippen LogP contribution in [0.2, 0.25) is 5.02 Å². The van der Waals surface area contributed by atoms with Gasteiger partial charge in [-0.05, 0) is 50.8 Å². The Balaban J connectivity index is 0.858. The molecule has 6 heterocycles. The molecular formula is C39H42ClFN10O5S. The molecule has 18 heteroatoms.